The summed E-state index contributed by atoms with van der Waals surface area (Å²) in [4.78, 5) is 22.6. The van der Waals surface area contributed by atoms with Gasteiger partial charge in [0.1, 0.15) is 0 Å². The summed E-state index contributed by atoms with van der Waals surface area (Å²) in [7, 11) is 0. The van der Waals surface area contributed by atoms with Crippen molar-refractivity contribution in [2.75, 3.05) is 6.54 Å². The van der Waals surface area contributed by atoms with Gasteiger partial charge in [-0.1, -0.05) is 12.1 Å². The number of hydrogen-bond donors (Lipinski definition) is 4. The Balaban J connectivity index is 1.87. The highest BCUT2D eigenvalue weighted by atomic mass is 16.6. The largest absolute Gasteiger partial charge is 0.504 e. The van der Waals surface area contributed by atoms with Crippen LogP contribution < -0.4 is 20.1 Å². The molecular formula is C20H22N2O6. The van der Waals surface area contributed by atoms with Gasteiger partial charge < -0.3 is 30.3 Å². The van der Waals surface area contributed by atoms with E-state index in [0.717, 1.165) is 5.56 Å². The Morgan fingerprint density at radius 1 is 0.964 bits per heavy atom. The fourth-order valence-corrected chi connectivity index (χ4v) is 2.94. The number of rotatable bonds is 5. The number of carbonyl (C=O) groups excluding carboxylic acids is 2. The lowest BCUT2D eigenvalue weighted by atomic mass is 10.0. The number of benzene rings is 2. The number of phenols is 2. The maximum Gasteiger partial charge on any atom is 0.219 e. The van der Waals surface area contributed by atoms with E-state index in [-0.39, 0.29) is 23.3 Å². The maximum absolute atomic E-state index is 11.6. The maximum atomic E-state index is 11.6. The third kappa shape index (κ3) is 4.46. The van der Waals surface area contributed by atoms with Gasteiger partial charge in [-0.3, -0.25) is 9.59 Å². The molecule has 0 aliphatic carbocycles. The molecule has 2 atom stereocenters. The summed E-state index contributed by atoms with van der Waals surface area (Å²) in [5.41, 5.74) is 1.48. The summed E-state index contributed by atoms with van der Waals surface area (Å²) in [5.74, 6) is 0.0235. The van der Waals surface area contributed by atoms with Gasteiger partial charge in [-0.25, -0.2) is 0 Å². The van der Waals surface area contributed by atoms with Crippen molar-refractivity contribution >= 4 is 11.8 Å². The van der Waals surface area contributed by atoms with Crippen LogP contribution in [0.1, 0.15) is 31.1 Å². The van der Waals surface area contributed by atoms with Crippen LogP contribution in [0.3, 0.4) is 0 Å². The third-order valence-electron chi connectivity index (χ3n) is 4.25. The van der Waals surface area contributed by atoms with Crippen LogP contribution in [0.15, 0.2) is 36.4 Å². The third-order valence-corrected chi connectivity index (χ3v) is 4.25. The number of amides is 2. The normalized spacial score (nSPS) is 17.6. The number of hydrogen-bond acceptors (Lipinski definition) is 6. The van der Waals surface area contributed by atoms with Crippen LogP contribution in [-0.2, 0) is 16.0 Å². The molecule has 0 fully saturated rings. The van der Waals surface area contributed by atoms with E-state index in [1.807, 2.05) is 12.1 Å². The molecule has 28 heavy (non-hydrogen) atoms. The molecule has 148 valence electrons. The van der Waals surface area contributed by atoms with E-state index in [9.17, 15) is 19.8 Å². The van der Waals surface area contributed by atoms with Gasteiger partial charge in [0.15, 0.2) is 29.1 Å². The molecule has 0 unspecified atom stereocenters. The van der Waals surface area contributed by atoms with Crippen LogP contribution in [0.5, 0.6) is 23.0 Å². The number of ether oxygens (including phenoxy) is 2. The van der Waals surface area contributed by atoms with Gasteiger partial charge in [-0.15, -0.1) is 0 Å². The molecule has 2 amide bonds. The fraction of sp³-hybridized carbons (Fsp3) is 0.300. The Morgan fingerprint density at radius 2 is 1.75 bits per heavy atom. The van der Waals surface area contributed by atoms with E-state index in [4.69, 9.17) is 9.47 Å². The number of phenolic OH excluding ortho intramolecular Hbond substituents is 2. The second-order valence-corrected chi connectivity index (χ2v) is 6.54. The molecule has 1 aliphatic heterocycles. The van der Waals surface area contributed by atoms with Gasteiger partial charge in [0.2, 0.25) is 18.0 Å². The zero-order chi connectivity index (χ0) is 20.3. The average Bonchev–Trinajstić information content (AvgIpc) is 2.63. The molecular weight excluding hydrogens is 364 g/mol. The predicted octanol–water partition coefficient (Wildman–Crippen LogP) is 1.75. The van der Waals surface area contributed by atoms with Gasteiger partial charge in [0, 0.05) is 26.0 Å². The molecule has 4 N–H and O–H groups in total. The van der Waals surface area contributed by atoms with Crippen LogP contribution >= 0.6 is 0 Å². The molecule has 1 heterocycles. The van der Waals surface area contributed by atoms with Crippen LogP contribution in [0, 0.1) is 0 Å². The molecule has 0 aromatic heterocycles. The Hall–Kier alpha value is -3.42. The quantitative estimate of drug-likeness (QED) is 0.582. The summed E-state index contributed by atoms with van der Waals surface area (Å²) < 4.78 is 12.0. The monoisotopic (exact) mass is 386 g/mol. The average molecular weight is 386 g/mol. The first-order chi connectivity index (χ1) is 13.3. The minimum Gasteiger partial charge on any atom is -0.504 e. The molecule has 3 rings (SSSR count). The zero-order valence-corrected chi connectivity index (χ0v) is 15.6. The highest BCUT2D eigenvalue weighted by Crippen LogP contribution is 2.40. The second-order valence-electron chi connectivity index (χ2n) is 6.54. The minimum absolute atomic E-state index is 0.0945. The minimum atomic E-state index is -0.806. The van der Waals surface area contributed by atoms with E-state index in [2.05, 4.69) is 10.6 Å². The van der Waals surface area contributed by atoms with Crippen LogP contribution in [0.4, 0.5) is 0 Å². The number of nitrogens with one attached hydrogen (secondary N) is 2. The second kappa shape index (κ2) is 8.08. The fourth-order valence-electron chi connectivity index (χ4n) is 2.94. The Bertz CT molecular complexity index is 898. The van der Waals surface area contributed by atoms with Crippen molar-refractivity contribution in [1.29, 1.82) is 0 Å². The molecule has 0 radical (unpaired) electrons. The summed E-state index contributed by atoms with van der Waals surface area (Å²) in [5, 5.41) is 24.8. The molecule has 0 spiro atoms. The molecule has 8 heteroatoms. The van der Waals surface area contributed by atoms with Gasteiger partial charge >= 0.3 is 0 Å². The highest BCUT2D eigenvalue weighted by Gasteiger charge is 2.34. The Kier molecular flexibility index (Phi) is 5.58. The van der Waals surface area contributed by atoms with Gasteiger partial charge in [0.25, 0.3) is 0 Å². The van der Waals surface area contributed by atoms with Gasteiger partial charge in [-0.2, -0.15) is 0 Å². The van der Waals surface area contributed by atoms with Crippen molar-refractivity contribution < 1.29 is 29.3 Å². The van der Waals surface area contributed by atoms with Crippen molar-refractivity contribution in [3.63, 3.8) is 0 Å². The lowest BCUT2D eigenvalue weighted by Gasteiger charge is -2.34. The van der Waals surface area contributed by atoms with Crippen molar-refractivity contribution in [1.82, 2.24) is 10.6 Å². The van der Waals surface area contributed by atoms with Crippen LogP contribution in [-0.4, -0.2) is 34.8 Å². The SMILES string of the molecule is CC(=O)NCCc1ccc2c(c1)O[C@@H](c1ccc(O)c(O)c1)[C@H](NC(C)=O)O2. The molecule has 0 saturated heterocycles. The summed E-state index contributed by atoms with van der Waals surface area (Å²) in [6.45, 7) is 3.33. The highest BCUT2D eigenvalue weighted by molar-refractivity contribution is 5.73. The molecule has 1 aliphatic rings. The van der Waals surface area contributed by atoms with Gasteiger partial charge in [-0.05, 0) is 36.2 Å². The van der Waals surface area contributed by atoms with E-state index in [1.165, 1.54) is 26.0 Å². The number of carbonyl (C=O) groups is 2. The van der Waals surface area contributed by atoms with Crippen LogP contribution in [0.2, 0.25) is 0 Å². The Morgan fingerprint density at radius 3 is 2.43 bits per heavy atom. The first-order valence-corrected chi connectivity index (χ1v) is 8.83. The van der Waals surface area contributed by atoms with Crippen molar-refractivity contribution in [2.24, 2.45) is 0 Å². The number of aromatic hydroxyl groups is 2. The van der Waals surface area contributed by atoms with Crippen molar-refractivity contribution in [3.8, 4) is 23.0 Å². The van der Waals surface area contributed by atoms with Crippen LogP contribution in [0.25, 0.3) is 0 Å². The Labute approximate surface area is 162 Å². The summed E-state index contributed by atoms with van der Waals surface area (Å²) in [6.07, 6.45) is -0.914. The standard InChI is InChI=1S/C20H22N2O6/c1-11(23)21-8-7-13-3-6-17-18(9-13)27-19(20(28-17)22-12(2)24)14-4-5-15(25)16(26)10-14/h3-6,9-10,19-20,25-26H,7-8H2,1-2H3,(H,21,23)(H,22,24)/t19-,20+/m0/s1. The first kappa shape index (κ1) is 19.3. The lowest BCUT2D eigenvalue weighted by Crippen LogP contribution is -2.46. The molecule has 2 aromatic carbocycles. The van der Waals surface area contributed by atoms with E-state index in [1.54, 1.807) is 12.1 Å². The first-order valence-electron chi connectivity index (χ1n) is 8.83. The zero-order valence-electron chi connectivity index (χ0n) is 15.6. The van der Waals surface area contributed by atoms with Gasteiger partial charge in [0.05, 0.1) is 0 Å². The number of fused-ring (bicyclic) bond motifs is 1. The molecule has 0 bridgehead atoms. The topological polar surface area (TPSA) is 117 Å². The predicted molar refractivity (Wildman–Crippen MR) is 100 cm³/mol. The van der Waals surface area contributed by atoms with E-state index < -0.39 is 12.3 Å². The van der Waals surface area contributed by atoms with E-state index >= 15 is 0 Å². The lowest BCUT2D eigenvalue weighted by molar-refractivity contribution is -0.124. The van der Waals surface area contributed by atoms with E-state index in [0.29, 0.717) is 30.0 Å². The summed E-state index contributed by atoms with van der Waals surface area (Å²) in [6, 6.07) is 9.72. The molecule has 2 aromatic rings. The van der Waals surface area contributed by atoms with Crippen molar-refractivity contribution in [2.45, 2.75) is 32.6 Å². The molecule has 8 nitrogen and oxygen atoms in total. The van der Waals surface area contributed by atoms with Crippen molar-refractivity contribution in [3.05, 3.63) is 47.5 Å². The summed E-state index contributed by atoms with van der Waals surface area (Å²) >= 11 is 0. The smallest absolute Gasteiger partial charge is 0.219 e. The molecule has 0 saturated carbocycles.